The standard InChI is InChI=1S/C20H19ClN4O5/c1-12-8-15(9-13(2)19(12)21)30-11-24-7-6-17(23-24)20(26)22-16-5-4-14(25(27)28)10-18(16)29-3/h4-10H,11H2,1-3H3,(H,22,26). The Labute approximate surface area is 177 Å². The van der Waals surface area contributed by atoms with Crippen LogP contribution in [0.25, 0.3) is 0 Å². The highest BCUT2D eigenvalue weighted by molar-refractivity contribution is 6.32. The highest BCUT2D eigenvalue weighted by Gasteiger charge is 2.16. The van der Waals surface area contributed by atoms with E-state index in [1.165, 1.54) is 36.1 Å². The van der Waals surface area contributed by atoms with Gasteiger partial charge in [-0.1, -0.05) is 11.6 Å². The summed E-state index contributed by atoms with van der Waals surface area (Å²) in [7, 11) is 1.36. The first kappa shape index (κ1) is 21.1. The van der Waals surface area contributed by atoms with Crippen molar-refractivity contribution in [1.82, 2.24) is 9.78 Å². The third kappa shape index (κ3) is 4.69. The van der Waals surface area contributed by atoms with Crippen molar-refractivity contribution >= 4 is 28.9 Å². The van der Waals surface area contributed by atoms with Crippen LogP contribution >= 0.6 is 11.6 Å². The highest BCUT2D eigenvalue weighted by Crippen LogP contribution is 2.29. The normalized spacial score (nSPS) is 10.5. The average Bonchev–Trinajstić information content (AvgIpc) is 3.19. The molecular formula is C20H19ClN4O5. The summed E-state index contributed by atoms with van der Waals surface area (Å²) >= 11 is 6.16. The Balaban J connectivity index is 1.67. The van der Waals surface area contributed by atoms with Crippen LogP contribution < -0.4 is 14.8 Å². The second-order valence-electron chi connectivity index (χ2n) is 6.48. The molecule has 0 saturated heterocycles. The minimum Gasteiger partial charge on any atom is -0.494 e. The van der Waals surface area contributed by atoms with E-state index in [4.69, 9.17) is 21.1 Å². The molecule has 1 amide bonds. The Bertz CT molecular complexity index is 1090. The number of rotatable bonds is 7. The van der Waals surface area contributed by atoms with E-state index in [0.29, 0.717) is 16.5 Å². The summed E-state index contributed by atoms with van der Waals surface area (Å²) in [6.07, 6.45) is 1.61. The zero-order chi connectivity index (χ0) is 21.8. The third-order valence-corrected chi connectivity index (χ3v) is 4.89. The maximum absolute atomic E-state index is 12.5. The molecule has 0 atom stereocenters. The van der Waals surface area contributed by atoms with Crippen LogP contribution in [0.5, 0.6) is 11.5 Å². The first-order valence-corrected chi connectivity index (χ1v) is 9.23. The summed E-state index contributed by atoms with van der Waals surface area (Å²) in [4.78, 5) is 22.8. The summed E-state index contributed by atoms with van der Waals surface area (Å²) < 4.78 is 12.3. The van der Waals surface area contributed by atoms with Crippen molar-refractivity contribution in [2.75, 3.05) is 12.4 Å². The van der Waals surface area contributed by atoms with Crippen LogP contribution in [0.1, 0.15) is 21.6 Å². The van der Waals surface area contributed by atoms with Gasteiger partial charge in [-0.05, 0) is 49.2 Å². The van der Waals surface area contributed by atoms with Gasteiger partial charge in [0.2, 0.25) is 0 Å². The summed E-state index contributed by atoms with van der Waals surface area (Å²) in [5.74, 6) is 0.333. The van der Waals surface area contributed by atoms with Crippen LogP contribution in [0.3, 0.4) is 0 Å². The van der Waals surface area contributed by atoms with Crippen LogP contribution in [0.15, 0.2) is 42.6 Å². The van der Waals surface area contributed by atoms with Gasteiger partial charge in [0.15, 0.2) is 12.4 Å². The first-order chi connectivity index (χ1) is 14.3. The number of carbonyl (C=O) groups excluding carboxylic acids is 1. The molecule has 0 unspecified atom stereocenters. The smallest absolute Gasteiger partial charge is 0.276 e. The van der Waals surface area contributed by atoms with Crippen LogP contribution in [-0.4, -0.2) is 27.7 Å². The summed E-state index contributed by atoms with van der Waals surface area (Å²) in [5.41, 5.74) is 2.13. The van der Waals surface area contributed by atoms with E-state index in [2.05, 4.69) is 10.4 Å². The molecule has 156 valence electrons. The van der Waals surface area contributed by atoms with E-state index in [0.717, 1.165) is 11.1 Å². The number of hydrogen-bond donors (Lipinski definition) is 1. The monoisotopic (exact) mass is 430 g/mol. The second-order valence-corrected chi connectivity index (χ2v) is 6.86. The Morgan fingerprint density at radius 1 is 1.23 bits per heavy atom. The molecule has 9 nitrogen and oxygen atoms in total. The van der Waals surface area contributed by atoms with Crippen LogP contribution in [0.4, 0.5) is 11.4 Å². The van der Waals surface area contributed by atoms with Crippen molar-refractivity contribution < 1.29 is 19.2 Å². The number of nitro groups is 1. The Hall–Kier alpha value is -3.59. The number of aromatic nitrogens is 2. The number of carbonyl (C=O) groups is 1. The van der Waals surface area contributed by atoms with Gasteiger partial charge in [-0.15, -0.1) is 0 Å². The predicted octanol–water partition coefficient (Wildman–Crippen LogP) is 4.36. The number of benzene rings is 2. The molecule has 30 heavy (non-hydrogen) atoms. The van der Waals surface area contributed by atoms with Crippen molar-refractivity contribution in [3.63, 3.8) is 0 Å². The van der Waals surface area contributed by atoms with Gasteiger partial charge >= 0.3 is 0 Å². The van der Waals surface area contributed by atoms with Gasteiger partial charge in [0.1, 0.15) is 11.5 Å². The lowest BCUT2D eigenvalue weighted by Crippen LogP contribution is -2.15. The van der Waals surface area contributed by atoms with Gasteiger partial charge in [-0.2, -0.15) is 5.10 Å². The van der Waals surface area contributed by atoms with E-state index >= 15 is 0 Å². The van der Waals surface area contributed by atoms with Crippen molar-refractivity contribution in [3.8, 4) is 11.5 Å². The van der Waals surface area contributed by atoms with Crippen molar-refractivity contribution in [1.29, 1.82) is 0 Å². The SMILES string of the molecule is COc1cc([N+](=O)[O-])ccc1NC(=O)c1ccn(COc2cc(C)c(Cl)c(C)c2)n1. The second kappa shape index (κ2) is 8.83. The Morgan fingerprint density at radius 3 is 2.57 bits per heavy atom. The molecule has 0 radical (unpaired) electrons. The first-order valence-electron chi connectivity index (χ1n) is 8.85. The molecule has 1 N–H and O–H groups in total. The van der Waals surface area contributed by atoms with E-state index in [9.17, 15) is 14.9 Å². The molecule has 0 aliphatic carbocycles. The fraction of sp³-hybridized carbons (Fsp3) is 0.200. The van der Waals surface area contributed by atoms with Crippen molar-refractivity contribution in [2.24, 2.45) is 0 Å². The number of nitro benzene ring substituents is 1. The van der Waals surface area contributed by atoms with Crippen LogP contribution in [-0.2, 0) is 6.73 Å². The number of halogens is 1. The van der Waals surface area contributed by atoms with Gasteiger partial charge in [0, 0.05) is 17.3 Å². The number of amides is 1. The quantitative estimate of drug-likeness (QED) is 0.440. The van der Waals surface area contributed by atoms with Crippen molar-refractivity contribution in [3.05, 3.63) is 74.6 Å². The lowest BCUT2D eigenvalue weighted by Gasteiger charge is -2.10. The minimum atomic E-state index is -0.542. The zero-order valence-corrected chi connectivity index (χ0v) is 17.3. The number of nitrogens with zero attached hydrogens (tertiary/aromatic N) is 3. The van der Waals surface area contributed by atoms with Gasteiger partial charge in [-0.25, -0.2) is 4.68 Å². The number of ether oxygens (including phenoxy) is 2. The molecule has 0 aliphatic heterocycles. The number of hydrogen-bond acceptors (Lipinski definition) is 6. The maximum atomic E-state index is 12.5. The van der Waals surface area contributed by atoms with Gasteiger partial charge in [0.05, 0.1) is 23.8 Å². The molecule has 1 aromatic heterocycles. The molecular weight excluding hydrogens is 412 g/mol. The van der Waals surface area contributed by atoms with Crippen molar-refractivity contribution in [2.45, 2.75) is 20.6 Å². The van der Waals surface area contributed by atoms with E-state index in [1.807, 2.05) is 26.0 Å². The molecule has 3 rings (SSSR count). The fourth-order valence-electron chi connectivity index (χ4n) is 2.77. The van der Waals surface area contributed by atoms with Gasteiger partial charge in [-0.3, -0.25) is 14.9 Å². The Kier molecular flexibility index (Phi) is 6.22. The number of non-ortho nitro benzene ring substituents is 1. The van der Waals surface area contributed by atoms with E-state index < -0.39 is 10.8 Å². The molecule has 3 aromatic rings. The lowest BCUT2D eigenvalue weighted by atomic mass is 10.1. The van der Waals surface area contributed by atoms with Gasteiger partial charge < -0.3 is 14.8 Å². The van der Waals surface area contributed by atoms with E-state index in [1.54, 1.807) is 6.20 Å². The third-order valence-electron chi connectivity index (χ3n) is 4.29. The average molecular weight is 431 g/mol. The number of methoxy groups -OCH3 is 1. The van der Waals surface area contributed by atoms with Crippen LogP contribution in [0.2, 0.25) is 5.02 Å². The highest BCUT2D eigenvalue weighted by atomic mass is 35.5. The van der Waals surface area contributed by atoms with Crippen LogP contribution in [0, 0.1) is 24.0 Å². The fourth-order valence-corrected chi connectivity index (χ4v) is 2.88. The van der Waals surface area contributed by atoms with E-state index in [-0.39, 0.29) is 23.9 Å². The minimum absolute atomic E-state index is 0.106. The molecule has 0 spiro atoms. The molecule has 0 saturated carbocycles. The predicted molar refractivity (Wildman–Crippen MR) is 111 cm³/mol. The topological polar surface area (TPSA) is 109 Å². The molecule has 1 heterocycles. The molecule has 0 aliphatic rings. The number of aryl methyl sites for hydroxylation is 2. The molecule has 10 heteroatoms. The Morgan fingerprint density at radius 2 is 1.93 bits per heavy atom. The zero-order valence-electron chi connectivity index (χ0n) is 16.5. The number of nitrogens with one attached hydrogen (secondary N) is 1. The largest absolute Gasteiger partial charge is 0.494 e. The molecule has 2 aromatic carbocycles. The number of anilines is 1. The van der Waals surface area contributed by atoms with Gasteiger partial charge in [0.25, 0.3) is 11.6 Å². The molecule has 0 fully saturated rings. The summed E-state index contributed by atoms with van der Waals surface area (Å²) in [5, 5.41) is 18.4. The lowest BCUT2D eigenvalue weighted by molar-refractivity contribution is -0.384. The maximum Gasteiger partial charge on any atom is 0.276 e. The molecule has 0 bridgehead atoms. The summed E-state index contributed by atoms with van der Waals surface area (Å²) in [6, 6.07) is 9.11. The summed E-state index contributed by atoms with van der Waals surface area (Å²) in [6.45, 7) is 3.89.